The van der Waals surface area contributed by atoms with Gasteiger partial charge in [0, 0.05) is 18.7 Å². The van der Waals surface area contributed by atoms with Crippen molar-refractivity contribution in [1.29, 1.82) is 0 Å². The summed E-state index contributed by atoms with van der Waals surface area (Å²) in [5.41, 5.74) is 0.950. The molecule has 3 aromatic carbocycles. The number of sulfonamides is 1. The average molecular weight is 582 g/mol. The van der Waals surface area contributed by atoms with Crippen LogP contribution in [0.1, 0.15) is 26.3 Å². The Morgan fingerprint density at radius 3 is 2.32 bits per heavy atom. The van der Waals surface area contributed by atoms with Crippen LogP contribution >= 0.6 is 0 Å². The molecule has 10 nitrogen and oxygen atoms in total. The maximum atomic E-state index is 14.0. The first-order chi connectivity index (χ1) is 19.6. The van der Waals surface area contributed by atoms with Crippen molar-refractivity contribution in [3.05, 3.63) is 78.4 Å². The Morgan fingerprint density at radius 1 is 0.927 bits per heavy atom. The minimum atomic E-state index is -4.19. The van der Waals surface area contributed by atoms with Gasteiger partial charge in [-0.05, 0) is 62.7 Å². The van der Waals surface area contributed by atoms with E-state index < -0.39 is 28.5 Å². The zero-order valence-electron chi connectivity index (χ0n) is 23.6. The van der Waals surface area contributed by atoms with Crippen LogP contribution in [0, 0.1) is 0 Å². The molecule has 1 aliphatic heterocycles. The average Bonchev–Trinajstić information content (AvgIpc) is 2.98. The second-order valence-corrected chi connectivity index (χ2v) is 11.7. The number of hydrogen-bond donors (Lipinski definition) is 1. The van der Waals surface area contributed by atoms with Crippen LogP contribution in [0.5, 0.6) is 17.2 Å². The van der Waals surface area contributed by atoms with Crippen LogP contribution in [0.15, 0.2) is 77.7 Å². The number of carbonyl (C=O) groups excluding carboxylic acids is 2. The largest absolute Gasteiger partial charge is 0.497 e. The molecule has 3 aromatic rings. The molecule has 0 radical (unpaired) electrons. The van der Waals surface area contributed by atoms with Crippen LogP contribution in [-0.2, 0) is 26.2 Å². The standard InChI is InChI=1S/C30H35N3O7S/c1-21(2)31-30(35)22(3)32(19-23-9-8-10-25(17-23)38-4)29(34)20-33(41(36,37)26-11-6-5-7-12-26)24-13-14-27-28(18-24)40-16-15-39-27/h5-14,17-18,21-22H,15-16,19-20H2,1-4H3,(H,31,35). The van der Waals surface area contributed by atoms with Crippen LogP contribution < -0.4 is 23.8 Å². The summed E-state index contributed by atoms with van der Waals surface area (Å²) in [5.74, 6) is 0.551. The molecular weight excluding hydrogens is 546 g/mol. The highest BCUT2D eigenvalue weighted by atomic mass is 32.2. The minimum absolute atomic E-state index is 0.0210. The highest BCUT2D eigenvalue weighted by Crippen LogP contribution is 2.36. The maximum Gasteiger partial charge on any atom is 0.264 e. The van der Waals surface area contributed by atoms with Crippen molar-refractivity contribution >= 4 is 27.5 Å². The first kappa shape index (κ1) is 29.7. The summed E-state index contributed by atoms with van der Waals surface area (Å²) in [6, 6.07) is 18.7. The number of nitrogens with zero attached hydrogens (tertiary/aromatic N) is 2. The number of nitrogens with one attached hydrogen (secondary N) is 1. The Hall–Kier alpha value is -4.25. The van der Waals surface area contributed by atoms with Crippen LogP contribution in [0.3, 0.4) is 0 Å². The molecule has 0 aliphatic carbocycles. The third-order valence-electron chi connectivity index (χ3n) is 6.51. The number of fused-ring (bicyclic) bond motifs is 1. The fourth-order valence-electron chi connectivity index (χ4n) is 4.39. The van der Waals surface area contributed by atoms with Gasteiger partial charge in [-0.3, -0.25) is 13.9 Å². The Kier molecular flexibility index (Phi) is 9.38. The van der Waals surface area contributed by atoms with Gasteiger partial charge in [0.05, 0.1) is 17.7 Å². The number of amides is 2. The topological polar surface area (TPSA) is 114 Å². The van der Waals surface area contributed by atoms with Gasteiger partial charge in [-0.1, -0.05) is 30.3 Å². The number of methoxy groups -OCH3 is 1. The van der Waals surface area contributed by atoms with Gasteiger partial charge in [-0.2, -0.15) is 0 Å². The van der Waals surface area contributed by atoms with E-state index in [0.29, 0.717) is 30.5 Å². The molecule has 4 rings (SSSR count). The molecule has 1 heterocycles. The molecule has 218 valence electrons. The van der Waals surface area contributed by atoms with Gasteiger partial charge in [-0.15, -0.1) is 0 Å². The number of carbonyl (C=O) groups is 2. The molecule has 0 saturated heterocycles. The van der Waals surface area contributed by atoms with E-state index in [1.54, 1.807) is 68.6 Å². The lowest BCUT2D eigenvalue weighted by atomic mass is 10.1. The summed E-state index contributed by atoms with van der Waals surface area (Å²) in [6.45, 7) is 5.48. The predicted molar refractivity (Wildman–Crippen MR) is 155 cm³/mol. The van der Waals surface area contributed by atoms with Gasteiger partial charge in [0.15, 0.2) is 11.5 Å². The van der Waals surface area contributed by atoms with Gasteiger partial charge >= 0.3 is 0 Å². The van der Waals surface area contributed by atoms with Gasteiger partial charge in [0.1, 0.15) is 31.5 Å². The third kappa shape index (κ3) is 7.10. The van der Waals surface area contributed by atoms with Crippen molar-refractivity contribution in [2.75, 3.05) is 31.2 Å². The summed E-state index contributed by atoms with van der Waals surface area (Å²) >= 11 is 0. The van der Waals surface area contributed by atoms with Crippen molar-refractivity contribution in [2.45, 2.75) is 44.3 Å². The molecule has 1 aliphatic rings. The molecule has 1 N–H and O–H groups in total. The van der Waals surface area contributed by atoms with Crippen molar-refractivity contribution in [2.24, 2.45) is 0 Å². The van der Waals surface area contributed by atoms with E-state index in [9.17, 15) is 18.0 Å². The molecule has 1 atom stereocenters. The highest BCUT2D eigenvalue weighted by molar-refractivity contribution is 7.92. The number of hydrogen-bond acceptors (Lipinski definition) is 7. The van der Waals surface area contributed by atoms with E-state index in [4.69, 9.17) is 14.2 Å². The number of benzene rings is 3. The fraction of sp³-hybridized carbons (Fsp3) is 0.333. The van der Waals surface area contributed by atoms with Crippen LogP contribution in [-0.4, -0.2) is 64.1 Å². The second kappa shape index (κ2) is 12.9. The molecule has 0 aromatic heterocycles. The molecule has 0 bridgehead atoms. The first-order valence-corrected chi connectivity index (χ1v) is 14.7. The van der Waals surface area contributed by atoms with Crippen molar-refractivity contribution in [1.82, 2.24) is 10.2 Å². The molecule has 0 fully saturated rings. The SMILES string of the molecule is COc1cccc(CN(C(=O)CN(c2ccc3c(c2)OCCO3)S(=O)(=O)c2ccccc2)C(C)C(=O)NC(C)C)c1. The monoisotopic (exact) mass is 581 g/mol. The Morgan fingerprint density at radius 2 is 1.63 bits per heavy atom. The summed E-state index contributed by atoms with van der Waals surface area (Å²) in [6.07, 6.45) is 0. The van der Waals surface area contributed by atoms with E-state index in [1.165, 1.54) is 17.0 Å². The molecule has 0 spiro atoms. The molecule has 2 amide bonds. The number of ether oxygens (including phenoxy) is 3. The van der Waals surface area contributed by atoms with Gasteiger partial charge in [0.2, 0.25) is 11.8 Å². The van der Waals surface area contributed by atoms with Gasteiger partial charge in [0.25, 0.3) is 10.0 Å². The van der Waals surface area contributed by atoms with E-state index in [-0.39, 0.29) is 29.1 Å². The van der Waals surface area contributed by atoms with E-state index in [0.717, 1.165) is 9.87 Å². The lowest BCUT2D eigenvalue weighted by Crippen LogP contribution is -2.52. The first-order valence-electron chi connectivity index (χ1n) is 13.3. The quantitative estimate of drug-likeness (QED) is 0.368. The molecule has 0 saturated carbocycles. The Bertz CT molecular complexity index is 1480. The van der Waals surface area contributed by atoms with E-state index in [2.05, 4.69) is 5.32 Å². The highest BCUT2D eigenvalue weighted by Gasteiger charge is 2.33. The summed E-state index contributed by atoms with van der Waals surface area (Å²) in [4.78, 5) is 28.5. The molecule has 11 heteroatoms. The predicted octanol–water partition coefficient (Wildman–Crippen LogP) is 3.60. The van der Waals surface area contributed by atoms with Crippen molar-refractivity contribution in [3.8, 4) is 17.2 Å². The van der Waals surface area contributed by atoms with Crippen molar-refractivity contribution < 1.29 is 32.2 Å². The van der Waals surface area contributed by atoms with Crippen LogP contribution in [0.2, 0.25) is 0 Å². The van der Waals surface area contributed by atoms with Gasteiger partial charge in [-0.25, -0.2) is 8.42 Å². The normalized spacial score (nSPS) is 13.3. The number of rotatable bonds is 11. The van der Waals surface area contributed by atoms with E-state index in [1.807, 2.05) is 19.9 Å². The van der Waals surface area contributed by atoms with Gasteiger partial charge < -0.3 is 24.4 Å². The fourth-order valence-corrected chi connectivity index (χ4v) is 5.82. The Labute approximate surface area is 240 Å². The second-order valence-electron chi connectivity index (χ2n) is 9.87. The smallest absolute Gasteiger partial charge is 0.264 e. The molecule has 41 heavy (non-hydrogen) atoms. The third-order valence-corrected chi connectivity index (χ3v) is 8.30. The zero-order valence-corrected chi connectivity index (χ0v) is 24.4. The lowest BCUT2D eigenvalue weighted by molar-refractivity contribution is -0.139. The zero-order chi connectivity index (χ0) is 29.6. The van der Waals surface area contributed by atoms with Crippen molar-refractivity contribution in [3.63, 3.8) is 0 Å². The number of anilines is 1. The van der Waals surface area contributed by atoms with E-state index >= 15 is 0 Å². The lowest BCUT2D eigenvalue weighted by Gasteiger charge is -2.32. The minimum Gasteiger partial charge on any atom is -0.497 e. The maximum absolute atomic E-state index is 14.0. The summed E-state index contributed by atoms with van der Waals surface area (Å²) in [7, 11) is -2.65. The Balaban J connectivity index is 1.73. The summed E-state index contributed by atoms with van der Waals surface area (Å²) in [5, 5.41) is 2.84. The molecular formula is C30H35N3O7S. The van der Waals surface area contributed by atoms with Crippen LogP contribution in [0.4, 0.5) is 5.69 Å². The molecule has 1 unspecified atom stereocenters. The van der Waals surface area contributed by atoms with Crippen LogP contribution in [0.25, 0.3) is 0 Å². The summed E-state index contributed by atoms with van der Waals surface area (Å²) < 4.78 is 45.5.